The molecule has 1 heterocycles. The van der Waals surface area contributed by atoms with Crippen molar-refractivity contribution in [1.82, 2.24) is 4.90 Å². The smallest absolute Gasteiger partial charge is 0.334 e. The lowest BCUT2D eigenvalue weighted by molar-refractivity contribution is -0.159. The van der Waals surface area contributed by atoms with Crippen molar-refractivity contribution >= 4 is 11.9 Å². The third-order valence-electron chi connectivity index (χ3n) is 1.87. The number of hydrogen-bond donors (Lipinski definition) is 2. The van der Waals surface area contributed by atoms with Gasteiger partial charge >= 0.3 is 5.97 Å². The maximum Gasteiger partial charge on any atom is 0.334 e. The van der Waals surface area contributed by atoms with Gasteiger partial charge in [0, 0.05) is 6.54 Å². The molecule has 0 aromatic carbocycles. The maximum atomic E-state index is 11.1. The number of carboxylic acids is 1. The van der Waals surface area contributed by atoms with Crippen LogP contribution in [0.3, 0.4) is 0 Å². The third kappa shape index (κ3) is 2.40. The van der Waals surface area contributed by atoms with Crippen LogP contribution in [0, 0.1) is 0 Å². The Labute approximate surface area is 75.3 Å². The number of nitrogens with zero attached hydrogens (tertiary/aromatic N) is 1. The van der Waals surface area contributed by atoms with Gasteiger partial charge in [-0.25, -0.2) is 4.79 Å². The molecule has 74 valence electrons. The van der Waals surface area contributed by atoms with Gasteiger partial charge in [0.05, 0.1) is 19.7 Å². The topological polar surface area (TPSA) is 92.9 Å². The van der Waals surface area contributed by atoms with Crippen molar-refractivity contribution in [2.24, 2.45) is 5.73 Å². The zero-order valence-corrected chi connectivity index (χ0v) is 7.10. The second-order valence-electron chi connectivity index (χ2n) is 2.74. The minimum Gasteiger partial charge on any atom is -0.479 e. The van der Waals surface area contributed by atoms with E-state index < -0.39 is 12.1 Å². The Morgan fingerprint density at radius 1 is 1.62 bits per heavy atom. The molecule has 0 aromatic rings. The molecule has 0 spiro atoms. The Kier molecular flexibility index (Phi) is 3.21. The predicted octanol–water partition coefficient (Wildman–Crippen LogP) is -1.74. The first-order valence-corrected chi connectivity index (χ1v) is 3.97. The van der Waals surface area contributed by atoms with Gasteiger partial charge in [-0.2, -0.15) is 0 Å². The molecule has 1 unspecified atom stereocenters. The van der Waals surface area contributed by atoms with Crippen molar-refractivity contribution in [3.63, 3.8) is 0 Å². The van der Waals surface area contributed by atoms with Crippen LogP contribution in [0.25, 0.3) is 0 Å². The Morgan fingerprint density at radius 3 is 2.85 bits per heavy atom. The second-order valence-corrected chi connectivity index (χ2v) is 2.74. The van der Waals surface area contributed by atoms with Gasteiger partial charge in [0.2, 0.25) is 5.91 Å². The number of carbonyl (C=O) groups excluding carboxylic acids is 1. The number of ether oxygens (including phenoxy) is 1. The summed E-state index contributed by atoms with van der Waals surface area (Å²) in [6.45, 7) is 0.667. The molecule has 1 atom stereocenters. The molecule has 1 aliphatic rings. The molecule has 13 heavy (non-hydrogen) atoms. The van der Waals surface area contributed by atoms with Crippen LogP contribution in [0.15, 0.2) is 0 Å². The molecule has 1 aliphatic heterocycles. The molecular formula is C7H12N2O4. The van der Waals surface area contributed by atoms with Crippen LogP contribution in [0.5, 0.6) is 0 Å². The average Bonchev–Trinajstić information content (AvgIpc) is 2.17. The molecule has 6 heteroatoms. The summed E-state index contributed by atoms with van der Waals surface area (Å²) in [6.07, 6.45) is -0.913. The van der Waals surface area contributed by atoms with Crippen LogP contribution in [-0.2, 0) is 14.3 Å². The maximum absolute atomic E-state index is 11.1. The standard InChI is InChI=1S/C7H12N2O4/c8-3-6(10)9-1-2-13-5(4-9)7(11)12/h5H,1-4,8H2,(H,11,12). The zero-order valence-electron chi connectivity index (χ0n) is 7.10. The van der Waals surface area contributed by atoms with E-state index >= 15 is 0 Å². The van der Waals surface area contributed by atoms with Crippen molar-refractivity contribution in [1.29, 1.82) is 0 Å². The van der Waals surface area contributed by atoms with Crippen LogP contribution in [0.4, 0.5) is 0 Å². The number of carbonyl (C=O) groups is 2. The number of hydrogen-bond acceptors (Lipinski definition) is 4. The summed E-state index contributed by atoms with van der Waals surface area (Å²) in [4.78, 5) is 23.0. The summed E-state index contributed by atoms with van der Waals surface area (Å²) in [7, 11) is 0. The third-order valence-corrected chi connectivity index (χ3v) is 1.87. The molecule has 6 nitrogen and oxygen atoms in total. The van der Waals surface area contributed by atoms with Gasteiger partial charge in [0.15, 0.2) is 6.10 Å². The minimum atomic E-state index is -1.05. The van der Waals surface area contributed by atoms with E-state index in [1.807, 2.05) is 0 Å². The average molecular weight is 188 g/mol. The highest BCUT2D eigenvalue weighted by atomic mass is 16.5. The van der Waals surface area contributed by atoms with Gasteiger partial charge < -0.3 is 20.5 Å². The van der Waals surface area contributed by atoms with E-state index in [0.717, 1.165) is 0 Å². The van der Waals surface area contributed by atoms with Gasteiger partial charge in [-0.1, -0.05) is 0 Å². The van der Waals surface area contributed by atoms with Crippen LogP contribution < -0.4 is 5.73 Å². The normalized spacial score (nSPS) is 22.8. The van der Waals surface area contributed by atoms with Crippen LogP contribution in [0.1, 0.15) is 0 Å². The molecular weight excluding hydrogens is 176 g/mol. The number of morpholine rings is 1. The Hall–Kier alpha value is -1.14. The molecule has 0 aromatic heterocycles. The zero-order chi connectivity index (χ0) is 9.84. The highest BCUT2D eigenvalue weighted by Gasteiger charge is 2.28. The lowest BCUT2D eigenvalue weighted by Gasteiger charge is -2.30. The van der Waals surface area contributed by atoms with Gasteiger partial charge in [-0.05, 0) is 0 Å². The molecule has 3 N–H and O–H groups in total. The fourth-order valence-electron chi connectivity index (χ4n) is 1.15. The predicted molar refractivity (Wildman–Crippen MR) is 43.0 cm³/mol. The molecule has 0 radical (unpaired) electrons. The number of aliphatic carboxylic acids is 1. The molecule has 1 saturated heterocycles. The summed E-state index contributed by atoms with van der Waals surface area (Å²) in [6, 6.07) is 0. The van der Waals surface area contributed by atoms with Gasteiger partial charge in [-0.3, -0.25) is 4.79 Å². The Bertz CT molecular complexity index is 219. The first-order chi connectivity index (χ1) is 6.15. The second kappa shape index (κ2) is 4.20. The Morgan fingerprint density at radius 2 is 2.31 bits per heavy atom. The van der Waals surface area contributed by atoms with E-state index in [1.54, 1.807) is 0 Å². The first-order valence-electron chi connectivity index (χ1n) is 3.97. The van der Waals surface area contributed by atoms with E-state index in [2.05, 4.69) is 0 Å². The van der Waals surface area contributed by atoms with E-state index in [4.69, 9.17) is 15.6 Å². The van der Waals surface area contributed by atoms with Crippen molar-refractivity contribution in [2.45, 2.75) is 6.10 Å². The van der Waals surface area contributed by atoms with E-state index in [9.17, 15) is 9.59 Å². The fraction of sp³-hybridized carbons (Fsp3) is 0.714. The summed E-state index contributed by atoms with van der Waals surface area (Å²) >= 11 is 0. The number of amides is 1. The molecule has 1 fully saturated rings. The number of rotatable bonds is 2. The highest BCUT2D eigenvalue weighted by Crippen LogP contribution is 2.04. The van der Waals surface area contributed by atoms with E-state index in [1.165, 1.54) is 4.90 Å². The quantitative estimate of drug-likeness (QED) is 0.536. The largest absolute Gasteiger partial charge is 0.479 e. The SMILES string of the molecule is NCC(=O)N1CCOC(C(=O)O)C1. The lowest BCUT2D eigenvalue weighted by Crippen LogP contribution is -2.50. The first kappa shape index (κ1) is 9.94. The molecule has 0 aliphatic carbocycles. The van der Waals surface area contributed by atoms with Crippen LogP contribution >= 0.6 is 0 Å². The fourth-order valence-corrected chi connectivity index (χ4v) is 1.15. The molecule has 1 rings (SSSR count). The number of carboxylic acid groups (broad SMARTS) is 1. The van der Waals surface area contributed by atoms with Crippen molar-refractivity contribution in [3.8, 4) is 0 Å². The van der Waals surface area contributed by atoms with Crippen molar-refractivity contribution < 1.29 is 19.4 Å². The summed E-state index contributed by atoms with van der Waals surface area (Å²) in [5, 5.41) is 8.62. The summed E-state index contributed by atoms with van der Waals surface area (Å²) in [5.74, 6) is -1.29. The molecule has 0 bridgehead atoms. The van der Waals surface area contributed by atoms with Gasteiger partial charge in [0.25, 0.3) is 0 Å². The van der Waals surface area contributed by atoms with Crippen molar-refractivity contribution in [2.75, 3.05) is 26.2 Å². The van der Waals surface area contributed by atoms with Crippen molar-refractivity contribution in [3.05, 3.63) is 0 Å². The van der Waals surface area contributed by atoms with Crippen LogP contribution in [-0.4, -0.2) is 54.2 Å². The molecule has 0 saturated carbocycles. The highest BCUT2D eigenvalue weighted by molar-refractivity contribution is 5.80. The summed E-state index contributed by atoms with van der Waals surface area (Å²) < 4.78 is 4.93. The minimum absolute atomic E-state index is 0.0887. The van der Waals surface area contributed by atoms with Gasteiger partial charge in [0.1, 0.15) is 0 Å². The van der Waals surface area contributed by atoms with Crippen LogP contribution in [0.2, 0.25) is 0 Å². The summed E-state index contributed by atoms with van der Waals surface area (Å²) in [5.41, 5.74) is 5.14. The Balaban J connectivity index is 2.51. The van der Waals surface area contributed by atoms with E-state index in [-0.39, 0.29) is 25.6 Å². The van der Waals surface area contributed by atoms with E-state index in [0.29, 0.717) is 6.54 Å². The number of nitrogens with two attached hydrogens (primary N) is 1. The molecule has 1 amide bonds. The van der Waals surface area contributed by atoms with Gasteiger partial charge in [-0.15, -0.1) is 0 Å². The monoisotopic (exact) mass is 188 g/mol. The lowest BCUT2D eigenvalue weighted by atomic mass is 10.2.